The Morgan fingerprint density at radius 1 is 0.724 bits per heavy atom. The number of amides is 3. The molecule has 3 amide bonds. The van der Waals surface area contributed by atoms with Gasteiger partial charge in [-0.1, -0.05) is 23.8 Å². The highest BCUT2D eigenvalue weighted by Gasteiger charge is 2.12. The van der Waals surface area contributed by atoms with Gasteiger partial charge in [0.15, 0.2) is 0 Å². The molecule has 2 aromatic carbocycles. The fourth-order valence-electron chi connectivity index (χ4n) is 2.61. The first-order valence-corrected chi connectivity index (χ1v) is 8.93. The summed E-state index contributed by atoms with van der Waals surface area (Å²) in [5.41, 5.74) is 3.34. The third kappa shape index (κ3) is 5.49. The van der Waals surface area contributed by atoms with Crippen molar-refractivity contribution in [2.45, 2.75) is 13.8 Å². The van der Waals surface area contributed by atoms with Gasteiger partial charge >= 0.3 is 0 Å². The van der Waals surface area contributed by atoms with Crippen molar-refractivity contribution in [1.29, 1.82) is 0 Å². The first-order valence-electron chi connectivity index (χ1n) is 8.93. The summed E-state index contributed by atoms with van der Waals surface area (Å²) in [4.78, 5) is 40.2. The molecule has 0 aliphatic carbocycles. The van der Waals surface area contributed by atoms with Crippen LogP contribution in [0.4, 0.5) is 17.1 Å². The highest BCUT2D eigenvalue weighted by atomic mass is 16.2. The molecule has 1 heterocycles. The summed E-state index contributed by atoms with van der Waals surface area (Å²) in [6.07, 6.45) is 2.79. The highest BCUT2D eigenvalue weighted by Crippen LogP contribution is 2.17. The molecule has 3 aromatic rings. The molecular weight excluding hydrogens is 368 g/mol. The van der Waals surface area contributed by atoms with Crippen molar-refractivity contribution in [2.24, 2.45) is 0 Å². The van der Waals surface area contributed by atoms with Crippen molar-refractivity contribution in [3.8, 4) is 0 Å². The van der Waals surface area contributed by atoms with Crippen LogP contribution in [0.5, 0.6) is 0 Å². The average molecular weight is 388 g/mol. The minimum atomic E-state index is -0.414. The Labute approximate surface area is 168 Å². The van der Waals surface area contributed by atoms with E-state index >= 15 is 0 Å². The molecule has 29 heavy (non-hydrogen) atoms. The molecule has 0 spiro atoms. The van der Waals surface area contributed by atoms with Crippen LogP contribution in [0.15, 0.2) is 67.0 Å². The molecule has 0 bridgehead atoms. The van der Waals surface area contributed by atoms with Gasteiger partial charge in [-0.2, -0.15) is 0 Å². The van der Waals surface area contributed by atoms with Crippen molar-refractivity contribution in [1.82, 2.24) is 4.98 Å². The lowest BCUT2D eigenvalue weighted by molar-refractivity contribution is -0.114. The summed E-state index contributed by atoms with van der Waals surface area (Å²) in [5.74, 6) is -0.976. The zero-order valence-corrected chi connectivity index (χ0v) is 16.0. The monoisotopic (exact) mass is 388 g/mol. The summed E-state index contributed by atoms with van der Waals surface area (Å²) in [6, 6.07) is 15.6. The largest absolute Gasteiger partial charge is 0.326 e. The van der Waals surface area contributed by atoms with Gasteiger partial charge in [0.2, 0.25) is 5.91 Å². The normalized spacial score (nSPS) is 10.1. The van der Waals surface area contributed by atoms with E-state index in [0.29, 0.717) is 17.1 Å². The van der Waals surface area contributed by atoms with Crippen LogP contribution in [0.2, 0.25) is 0 Å². The van der Waals surface area contributed by atoms with Crippen LogP contribution in [0.3, 0.4) is 0 Å². The summed E-state index contributed by atoms with van der Waals surface area (Å²) in [5, 5.41) is 8.16. The molecular formula is C22H20N4O3. The van der Waals surface area contributed by atoms with Crippen LogP contribution >= 0.6 is 0 Å². The number of aryl methyl sites for hydroxylation is 1. The first kappa shape index (κ1) is 19.8. The van der Waals surface area contributed by atoms with Gasteiger partial charge in [0.05, 0.1) is 11.1 Å². The van der Waals surface area contributed by atoms with Crippen LogP contribution in [0.1, 0.15) is 33.2 Å². The third-order valence-corrected chi connectivity index (χ3v) is 4.01. The van der Waals surface area contributed by atoms with E-state index in [-0.39, 0.29) is 22.9 Å². The molecule has 1 aromatic heterocycles. The Morgan fingerprint density at radius 2 is 1.28 bits per heavy atom. The molecule has 146 valence electrons. The Balaban J connectivity index is 1.71. The zero-order valence-electron chi connectivity index (χ0n) is 16.0. The first-order chi connectivity index (χ1) is 13.9. The predicted molar refractivity (Wildman–Crippen MR) is 112 cm³/mol. The van der Waals surface area contributed by atoms with E-state index in [1.165, 1.54) is 25.4 Å². The summed E-state index contributed by atoms with van der Waals surface area (Å²) < 4.78 is 0. The van der Waals surface area contributed by atoms with Crippen molar-refractivity contribution in [3.05, 3.63) is 83.7 Å². The summed E-state index contributed by atoms with van der Waals surface area (Å²) in [6.45, 7) is 3.37. The highest BCUT2D eigenvalue weighted by molar-refractivity contribution is 6.08. The number of carbonyl (C=O) groups is 3. The Morgan fingerprint density at radius 3 is 1.86 bits per heavy atom. The van der Waals surface area contributed by atoms with E-state index in [1.54, 1.807) is 36.4 Å². The quantitative estimate of drug-likeness (QED) is 0.618. The Kier molecular flexibility index (Phi) is 5.99. The fraction of sp³-hybridized carbons (Fsp3) is 0.0909. The lowest BCUT2D eigenvalue weighted by Crippen LogP contribution is -2.16. The number of hydrogen-bond donors (Lipinski definition) is 3. The van der Waals surface area contributed by atoms with Gasteiger partial charge in [-0.3, -0.25) is 19.4 Å². The van der Waals surface area contributed by atoms with Crippen LogP contribution in [-0.4, -0.2) is 22.7 Å². The summed E-state index contributed by atoms with van der Waals surface area (Å²) >= 11 is 0. The smallest absolute Gasteiger partial charge is 0.257 e. The number of benzene rings is 2. The molecule has 3 rings (SSSR count). The molecule has 3 N–H and O–H groups in total. The van der Waals surface area contributed by atoms with Gasteiger partial charge < -0.3 is 16.0 Å². The number of anilines is 3. The number of hydrogen-bond acceptors (Lipinski definition) is 4. The molecule has 7 heteroatoms. The minimum absolute atomic E-state index is 0.204. The van der Waals surface area contributed by atoms with Gasteiger partial charge in [0.1, 0.15) is 0 Å². The Bertz CT molecular complexity index is 1060. The van der Waals surface area contributed by atoms with E-state index in [9.17, 15) is 14.4 Å². The molecule has 0 radical (unpaired) electrons. The van der Waals surface area contributed by atoms with Gasteiger partial charge in [-0.25, -0.2) is 0 Å². The second-order valence-corrected chi connectivity index (χ2v) is 6.50. The van der Waals surface area contributed by atoms with E-state index < -0.39 is 5.91 Å². The van der Waals surface area contributed by atoms with Crippen LogP contribution in [0, 0.1) is 6.92 Å². The van der Waals surface area contributed by atoms with Gasteiger partial charge in [-0.05, 0) is 43.3 Å². The molecule has 0 saturated heterocycles. The van der Waals surface area contributed by atoms with E-state index in [4.69, 9.17) is 0 Å². The number of carbonyl (C=O) groups excluding carboxylic acids is 3. The molecule has 7 nitrogen and oxygen atoms in total. The average Bonchev–Trinajstić information content (AvgIpc) is 2.69. The molecule has 0 saturated carbocycles. The maximum atomic E-state index is 12.5. The number of aromatic nitrogens is 1. The van der Waals surface area contributed by atoms with E-state index in [2.05, 4.69) is 20.9 Å². The minimum Gasteiger partial charge on any atom is -0.326 e. The maximum Gasteiger partial charge on any atom is 0.257 e. The standard InChI is InChI=1S/C22H20N4O3/c1-14-6-8-18(9-7-14)25-21(28)16-10-17(13-23-12-16)22(29)26-20-5-3-4-19(11-20)24-15(2)27/h3-13H,1-2H3,(H,24,27)(H,25,28)(H,26,29). The van der Waals surface area contributed by atoms with Gasteiger partial charge in [-0.15, -0.1) is 0 Å². The molecule has 0 unspecified atom stereocenters. The van der Waals surface area contributed by atoms with Crippen molar-refractivity contribution < 1.29 is 14.4 Å². The van der Waals surface area contributed by atoms with Crippen molar-refractivity contribution >= 4 is 34.8 Å². The molecule has 0 fully saturated rings. The van der Waals surface area contributed by atoms with E-state index in [0.717, 1.165) is 5.56 Å². The Hall–Kier alpha value is -4.00. The van der Waals surface area contributed by atoms with Crippen LogP contribution < -0.4 is 16.0 Å². The molecule has 0 aliphatic heterocycles. The lowest BCUT2D eigenvalue weighted by Gasteiger charge is -2.09. The topological polar surface area (TPSA) is 100 Å². The van der Waals surface area contributed by atoms with Crippen LogP contribution in [-0.2, 0) is 4.79 Å². The molecule has 0 atom stereocenters. The zero-order chi connectivity index (χ0) is 20.8. The lowest BCUT2D eigenvalue weighted by atomic mass is 10.1. The van der Waals surface area contributed by atoms with Crippen molar-refractivity contribution in [3.63, 3.8) is 0 Å². The van der Waals surface area contributed by atoms with Gasteiger partial charge in [0, 0.05) is 36.4 Å². The fourth-order valence-corrected chi connectivity index (χ4v) is 2.61. The van der Waals surface area contributed by atoms with Crippen molar-refractivity contribution in [2.75, 3.05) is 16.0 Å². The van der Waals surface area contributed by atoms with Gasteiger partial charge in [0.25, 0.3) is 11.8 Å². The third-order valence-electron chi connectivity index (χ3n) is 4.01. The number of nitrogens with one attached hydrogen (secondary N) is 3. The number of rotatable bonds is 5. The second kappa shape index (κ2) is 8.79. The number of pyridine rings is 1. The van der Waals surface area contributed by atoms with E-state index in [1.807, 2.05) is 19.1 Å². The SMILES string of the molecule is CC(=O)Nc1cccc(NC(=O)c2cncc(C(=O)Nc3ccc(C)cc3)c2)c1. The predicted octanol–water partition coefficient (Wildman–Crippen LogP) is 3.85. The number of nitrogens with zero attached hydrogens (tertiary/aromatic N) is 1. The van der Waals surface area contributed by atoms with Crippen LogP contribution in [0.25, 0.3) is 0 Å². The second-order valence-electron chi connectivity index (χ2n) is 6.50. The summed E-state index contributed by atoms with van der Waals surface area (Å²) in [7, 11) is 0. The molecule has 0 aliphatic rings. The maximum absolute atomic E-state index is 12.5.